The molecule has 0 aliphatic heterocycles. The lowest BCUT2D eigenvalue weighted by molar-refractivity contribution is 0.189. The molecule has 0 spiro atoms. The Bertz CT molecular complexity index is 870. The van der Waals surface area contributed by atoms with Crippen molar-refractivity contribution in [1.29, 1.82) is 0 Å². The highest BCUT2D eigenvalue weighted by atomic mass is 32.2. The molecule has 3 aromatic rings. The third-order valence-corrected chi connectivity index (χ3v) is 5.61. The highest BCUT2D eigenvalue weighted by Gasteiger charge is 2.15. The molecule has 0 amide bonds. The Morgan fingerprint density at radius 3 is 2.36 bits per heavy atom. The van der Waals surface area contributed by atoms with E-state index in [-0.39, 0.29) is 5.41 Å². The molecule has 3 rings (SSSR count). The number of hydrogen-bond donors (Lipinski definition) is 0. The van der Waals surface area contributed by atoms with E-state index >= 15 is 0 Å². The van der Waals surface area contributed by atoms with Gasteiger partial charge in [0, 0.05) is 44.0 Å². The van der Waals surface area contributed by atoms with Crippen LogP contribution < -0.4 is 0 Å². The summed E-state index contributed by atoms with van der Waals surface area (Å²) >= 11 is 1.72. The normalized spacial score (nSPS) is 11.7. The lowest BCUT2D eigenvalue weighted by atomic mass is 9.87. The monoisotopic (exact) mass is 396 g/mol. The number of benzene rings is 1. The Kier molecular flexibility index (Phi) is 6.86. The van der Waals surface area contributed by atoms with Gasteiger partial charge in [-0.25, -0.2) is 0 Å². The van der Waals surface area contributed by atoms with Gasteiger partial charge in [0.25, 0.3) is 0 Å². The molecule has 2 heterocycles. The first-order chi connectivity index (χ1) is 13.5. The number of methoxy groups -OCH3 is 1. The van der Waals surface area contributed by atoms with Crippen LogP contribution in [0.4, 0.5) is 0 Å². The van der Waals surface area contributed by atoms with Gasteiger partial charge in [-0.2, -0.15) is 0 Å². The first kappa shape index (κ1) is 20.6. The van der Waals surface area contributed by atoms with Crippen LogP contribution in [0.25, 0.3) is 11.4 Å². The fraction of sp³-hybridized carbons (Fsp3) is 0.409. The summed E-state index contributed by atoms with van der Waals surface area (Å²) in [6.45, 7) is 8.25. The molecule has 5 nitrogen and oxygen atoms in total. The summed E-state index contributed by atoms with van der Waals surface area (Å²) in [5.74, 6) is 1.74. The Balaban J connectivity index is 1.76. The Hall–Kier alpha value is -2.18. The minimum Gasteiger partial charge on any atom is -0.385 e. The van der Waals surface area contributed by atoms with Crippen LogP contribution in [0.3, 0.4) is 0 Å². The number of hydrogen-bond acceptors (Lipinski definition) is 5. The minimum atomic E-state index is 0.173. The molecule has 1 aromatic carbocycles. The number of rotatable bonds is 8. The average molecular weight is 397 g/mol. The summed E-state index contributed by atoms with van der Waals surface area (Å²) in [6, 6.07) is 12.8. The van der Waals surface area contributed by atoms with Gasteiger partial charge in [0.05, 0.1) is 0 Å². The number of thioether (sulfide) groups is 1. The summed E-state index contributed by atoms with van der Waals surface area (Å²) < 4.78 is 7.41. The van der Waals surface area contributed by atoms with Crippen LogP contribution in [-0.2, 0) is 22.4 Å². The second kappa shape index (κ2) is 9.34. The summed E-state index contributed by atoms with van der Waals surface area (Å²) in [5, 5.41) is 9.84. The molecule has 148 valence electrons. The Morgan fingerprint density at radius 2 is 1.71 bits per heavy atom. The second-order valence-corrected chi connectivity index (χ2v) is 8.72. The highest BCUT2D eigenvalue weighted by molar-refractivity contribution is 7.98. The first-order valence-electron chi connectivity index (χ1n) is 9.54. The summed E-state index contributed by atoms with van der Waals surface area (Å²) in [6.07, 6.45) is 4.49. The maximum absolute atomic E-state index is 5.22. The molecule has 0 radical (unpaired) electrons. The van der Waals surface area contributed by atoms with Crippen molar-refractivity contribution in [1.82, 2.24) is 19.7 Å². The lowest BCUT2D eigenvalue weighted by Crippen LogP contribution is -2.10. The van der Waals surface area contributed by atoms with Gasteiger partial charge in [0.1, 0.15) is 0 Å². The van der Waals surface area contributed by atoms with Crippen molar-refractivity contribution in [3.8, 4) is 11.4 Å². The van der Waals surface area contributed by atoms with Crippen molar-refractivity contribution in [2.24, 2.45) is 0 Å². The third-order valence-electron chi connectivity index (χ3n) is 4.57. The zero-order chi connectivity index (χ0) is 20.0. The standard InChI is InChI=1S/C22H28N4OS/c1-22(2,3)19-8-6-17(7-9-19)16-28-21-25-24-20(18-10-12-23-13-11-18)26(21)14-5-15-27-4/h6-13H,5,14-16H2,1-4H3. The highest BCUT2D eigenvalue weighted by Crippen LogP contribution is 2.28. The van der Waals surface area contributed by atoms with Crippen LogP contribution >= 0.6 is 11.8 Å². The average Bonchev–Trinajstić information content (AvgIpc) is 3.10. The van der Waals surface area contributed by atoms with Gasteiger partial charge in [-0.05, 0) is 35.1 Å². The lowest BCUT2D eigenvalue weighted by Gasteiger charge is -2.19. The molecule has 28 heavy (non-hydrogen) atoms. The van der Waals surface area contributed by atoms with E-state index in [1.807, 2.05) is 12.1 Å². The van der Waals surface area contributed by atoms with Crippen LogP contribution in [0, 0.1) is 0 Å². The number of nitrogens with zero attached hydrogens (tertiary/aromatic N) is 4. The molecule has 0 N–H and O–H groups in total. The number of ether oxygens (including phenoxy) is 1. The van der Waals surface area contributed by atoms with E-state index in [1.54, 1.807) is 31.3 Å². The van der Waals surface area contributed by atoms with Crippen molar-refractivity contribution in [3.05, 3.63) is 59.9 Å². The van der Waals surface area contributed by atoms with Crippen LogP contribution in [0.1, 0.15) is 38.3 Å². The van der Waals surface area contributed by atoms with E-state index in [4.69, 9.17) is 4.74 Å². The van der Waals surface area contributed by atoms with Crippen LogP contribution in [0.15, 0.2) is 53.9 Å². The molecule has 0 saturated heterocycles. The summed E-state index contributed by atoms with van der Waals surface area (Å²) in [7, 11) is 1.73. The SMILES string of the molecule is COCCCn1c(SCc2ccc(C(C)(C)C)cc2)nnc1-c1ccncc1. The molecule has 2 aromatic heterocycles. The molecular formula is C22H28N4OS. The molecule has 0 unspecified atom stereocenters. The third kappa shape index (κ3) is 5.20. The van der Waals surface area contributed by atoms with Gasteiger partial charge < -0.3 is 9.30 Å². The number of pyridine rings is 1. The first-order valence-corrected chi connectivity index (χ1v) is 10.5. The molecule has 0 bridgehead atoms. The van der Waals surface area contributed by atoms with E-state index in [0.29, 0.717) is 6.61 Å². The topological polar surface area (TPSA) is 52.8 Å². The zero-order valence-corrected chi connectivity index (χ0v) is 17.9. The van der Waals surface area contributed by atoms with E-state index in [9.17, 15) is 0 Å². The van der Waals surface area contributed by atoms with E-state index in [0.717, 1.165) is 35.3 Å². The van der Waals surface area contributed by atoms with E-state index < -0.39 is 0 Å². The number of aromatic nitrogens is 4. The summed E-state index contributed by atoms with van der Waals surface area (Å²) in [4.78, 5) is 4.10. The van der Waals surface area contributed by atoms with E-state index in [2.05, 4.69) is 64.8 Å². The van der Waals surface area contributed by atoms with Gasteiger partial charge >= 0.3 is 0 Å². The van der Waals surface area contributed by atoms with Crippen LogP contribution in [0.5, 0.6) is 0 Å². The predicted molar refractivity (Wildman–Crippen MR) is 114 cm³/mol. The maximum atomic E-state index is 5.22. The van der Waals surface area contributed by atoms with Gasteiger partial charge in [-0.3, -0.25) is 4.98 Å². The Labute approximate surface area is 171 Å². The molecule has 6 heteroatoms. The molecule has 0 aliphatic rings. The molecular weight excluding hydrogens is 368 g/mol. The van der Waals surface area contributed by atoms with Crippen LogP contribution in [0.2, 0.25) is 0 Å². The predicted octanol–water partition coefficient (Wildman–Crippen LogP) is 4.97. The van der Waals surface area contributed by atoms with Crippen molar-refractivity contribution in [2.45, 2.75) is 50.1 Å². The fourth-order valence-corrected chi connectivity index (χ4v) is 3.85. The minimum absolute atomic E-state index is 0.173. The molecule has 0 fully saturated rings. The van der Waals surface area contributed by atoms with Gasteiger partial charge in [-0.1, -0.05) is 56.8 Å². The fourth-order valence-electron chi connectivity index (χ4n) is 2.93. The van der Waals surface area contributed by atoms with E-state index in [1.165, 1.54) is 11.1 Å². The van der Waals surface area contributed by atoms with Crippen molar-refractivity contribution >= 4 is 11.8 Å². The van der Waals surface area contributed by atoms with Crippen molar-refractivity contribution in [2.75, 3.05) is 13.7 Å². The van der Waals surface area contributed by atoms with Crippen LogP contribution in [-0.4, -0.2) is 33.5 Å². The molecule has 0 atom stereocenters. The zero-order valence-electron chi connectivity index (χ0n) is 17.1. The van der Waals surface area contributed by atoms with Gasteiger partial charge in [0.15, 0.2) is 11.0 Å². The Morgan fingerprint density at radius 1 is 1.00 bits per heavy atom. The summed E-state index contributed by atoms with van der Waals surface area (Å²) in [5.41, 5.74) is 3.84. The second-order valence-electron chi connectivity index (χ2n) is 7.78. The smallest absolute Gasteiger partial charge is 0.191 e. The van der Waals surface area contributed by atoms with Crippen molar-refractivity contribution in [3.63, 3.8) is 0 Å². The van der Waals surface area contributed by atoms with Gasteiger partial charge in [-0.15, -0.1) is 10.2 Å². The molecule has 0 saturated carbocycles. The molecule has 0 aliphatic carbocycles. The quantitative estimate of drug-likeness (QED) is 0.398. The largest absolute Gasteiger partial charge is 0.385 e. The van der Waals surface area contributed by atoms with Gasteiger partial charge in [0.2, 0.25) is 0 Å². The maximum Gasteiger partial charge on any atom is 0.191 e. The van der Waals surface area contributed by atoms with Crippen molar-refractivity contribution < 1.29 is 4.74 Å².